The summed E-state index contributed by atoms with van der Waals surface area (Å²) in [5.74, 6) is 0.860. The Morgan fingerprint density at radius 1 is 1.50 bits per heavy atom. The van der Waals surface area contributed by atoms with E-state index in [2.05, 4.69) is 18.0 Å². The monoisotopic (exact) mass is 221 g/mol. The van der Waals surface area contributed by atoms with E-state index >= 15 is 0 Å². The zero-order valence-electron chi connectivity index (χ0n) is 9.67. The van der Waals surface area contributed by atoms with Crippen LogP contribution in [0.15, 0.2) is 23.0 Å². The maximum Gasteiger partial charge on any atom is 0.0937 e. The van der Waals surface area contributed by atoms with Crippen molar-refractivity contribution in [2.24, 2.45) is 5.92 Å². The Balaban J connectivity index is 1.90. The molecule has 2 saturated heterocycles. The highest BCUT2D eigenvalue weighted by molar-refractivity contribution is 5.18. The zero-order valence-corrected chi connectivity index (χ0v) is 9.67. The second kappa shape index (κ2) is 3.90. The molecule has 3 nitrogen and oxygen atoms in total. The van der Waals surface area contributed by atoms with Crippen molar-refractivity contribution in [2.45, 2.75) is 37.3 Å². The van der Waals surface area contributed by atoms with Gasteiger partial charge in [0.1, 0.15) is 0 Å². The number of hydrogen-bond acceptors (Lipinski definition) is 3. The largest absolute Gasteiger partial charge is 0.472 e. The maximum absolute atomic E-state index is 9.64. The smallest absolute Gasteiger partial charge is 0.0937 e. The number of rotatable bonds is 2. The zero-order chi connectivity index (χ0) is 11.1. The highest BCUT2D eigenvalue weighted by Crippen LogP contribution is 2.45. The Labute approximate surface area is 96.1 Å². The second-order valence-electron chi connectivity index (χ2n) is 5.21. The number of aliphatic hydroxyl groups is 1. The minimum absolute atomic E-state index is 0.289. The van der Waals surface area contributed by atoms with Crippen molar-refractivity contribution in [3.05, 3.63) is 24.2 Å². The molecule has 16 heavy (non-hydrogen) atoms. The first-order chi connectivity index (χ1) is 7.81. The van der Waals surface area contributed by atoms with Gasteiger partial charge in [-0.15, -0.1) is 0 Å². The molecular weight excluding hydrogens is 202 g/mol. The molecule has 0 aliphatic carbocycles. The van der Waals surface area contributed by atoms with E-state index in [9.17, 15) is 5.11 Å². The average molecular weight is 221 g/mol. The third kappa shape index (κ3) is 1.42. The molecule has 0 spiro atoms. The summed E-state index contributed by atoms with van der Waals surface area (Å²) in [5.41, 5.74) is 1.27. The van der Waals surface area contributed by atoms with Gasteiger partial charge in [0.15, 0.2) is 0 Å². The molecule has 1 N–H and O–H groups in total. The molecule has 2 aliphatic rings. The van der Waals surface area contributed by atoms with Crippen molar-refractivity contribution in [3.63, 3.8) is 0 Å². The number of nitrogens with zero attached hydrogens (tertiary/aromatic N) is 1. The number of aliphatic hydroxyl groups excluding tert-OH is 1. The molecular formula is C13H19NO2. The van der Waals surface area contributed by atoms with Gasteiger partial charge in [0.2, 0.25) is 0 Å². The summed E-state index contributed by atoms with van der Waals surface area (Å²) in [4.78, 5) is 2.47. The van der Waals surface area contributed by atoms with Crippen LogP contribution in [0.2, 0.25) is 0 Å². The Bertz CT molecular complexity index is 349. The van der Waals surface area contributed by atoms with E-state index in [1.54, 1.807) is 6.26 Å². The number of furan rings is 1. The lowest BCUT2D eigenvalue weighted by molar-refractivity contribution is 0.0590. The normalized spacial score (nSPS) is 39.1. The molecule has 4 atom stereocenters. The van der Waals surface area contributed by atoms with Crippen molar-refractivity contribution < 1.29 is 9.52 Å². The van der Waals surface area contributed by atoms with Crippen LogP contribution in [0.4, 0.5) is 0 Å². The lowest BCUT2D eigenvalue weighted by Crippen LogP contribution is -2.46. The van der Waals surface area contributed by atoms with E-state index in [1.807, 2.05) is 6.26 Å². The summed E-state index contributed by atoms with van der Waals surface area (Å²) in [6.07, 6.45) is 7.27. The Hall–Kier alpha value is -0.800. The lowest BCUT2D eigenvalue weighted by atomic mass is 9.77. The third-order valence-electron chi connectivity index (χ3n) is 4.61. The molecule has 3 rings (SSSR count). The summed E-state index contributed by atoms with van der Waals surface area (Å²) in [6, 6.07) is 3.31. The van der Waals surface area contributed by atoms with Gasteiger partial charge in [-0.2, -0.15) is 0 Å². The van der Waals surface area contributed by atoms with Crippen LogP contribution in [0.5, 0.6) is 0 Å². The average Bonchev–Trinajstić information content (AvgIpc) is 2.87. The van der Waals surface area contributed by atoms with Crippen molar-refractivity contribution in [1.82, 2.24) is 4.90 Å². The van der Waals surface area contributed by atoms with E-state index in [0.29, 0.717) is 23.9 Å². The van der Waals surface area contributed by atoms with Gasteiger partial charge in [0, 0.05) is 24.6 Å². The third-order valence-corrected chi connectivity index (χ3v) is 4.61. The molecule has 1 aromatic heterocycles. The molecule has 2 aliphatic heterocycles. The maximum atomic E-state index is 9.64. The fourth-order valence-corrected chi connectivity index (χ4v) is 3.70. The van der Waals surface area contributed by atoms with Crippen LogP contribution in [-0.2, 0) is 0 Å². The summed E-state index contributed by atoms with van der Waals surface area (Å²) < 4.78 is 5.18. The van der Waals surface area contributed by atoms with Crippen LogP contribution in [0.3, 0.4) is 0 Å². The molecule has 3 heteroatoms. The van der Waals surface area contributed by atoms with Crippen LogP contribution < -0.4 is 0 Å². The van der Waals surface area contributed by atoms with Gasteiger partial charge in [-0.25, -0.2) is 0 Å². The molecule has 88 valence electrons. The van der Waals surface area contributed by atoms with Gasteiger partial charge < -0.3 is 14.4 Å². The van der Waals surface area contributed by atoms with E-state index in [0.717, 1.165) is 6.42 Å². The molecule has 3 heterocycles. The van der Waals surface area contributed by atoms with Gasteiger partial charge >= 0.3 is 0 Å². The number of hydrogen-bond donors (Lipinski definition) is 1. The predicted molar refractivity (Wildman–Crippen MR) is 61.2 cm³/mol. The van der Waals surface area contributed by atoms with Gasteiger partial charge in [0.25, 0.3) is 0 Å². The van der Waals surface area contributed by atoms with Crippen LogP contribution in [0, 0.1) is 5.92 Å². The molecule has 1 aromatic rings. The first-order valence-corrected chi connectivity index (χ1v) is 6.16. The predicted octanol–water partition coefficient (Wildman–Crippen LogP) is 1.84. The SMILES string of the molecule is CN1C2CCC1[C@@H](CO)[C@H](c1ccoc1)C2. The highest BCUT2D eigenvalue weighted by Gasteiger charge is 2.45. The van der Waals surface area contributed by atoms with Crippen molar-refractivity contribution >= 4 is 0 Å². The number of piperidine rings is 1. The first kappa shape index (κ1) is 10.4. The van der Waals surface area contributed by atoms with E-state index in [-0.39, 0.29) is 6.61 Å². The first-order valence-electron chi connectivity index (χ1n) is 6.16. The lowest BCUT2D eigenvalue weighted by Gasteiger charge is -2.42. The topological polar surface area (TPSA) is 36.6 Å². The Morgan fingerprint density at radius 2 is 2.38 bits per heavy atom. The van der Waals surface area contributed by atoms with E-state index < -0.39 is 0 Å². The van der Waals surface area contributed by atoms with Crippen molar-refractivity contribution in [1.29, 1.82) is 0 Å². The summed E-state index contributed by atoms with van der Waals surface area (Å²) in [7, 11) is 2.20. The summed E-state index contributed by atoms with van der Waals surface area (Å²) in [6.45, 7) is 0.289. The molecule has 0 amide bonds. The number of fused-ring (bicyclic) bond motifs is 2. The van der Waals surface area contributed by atoms with E-state index in [1.165, 1.54) is 18.4 Å². The van der Waals surface area contributed by atoms with Crippen molar-refractivity contribution in [3.8, 4) is 0 Å². The van der Waals surface area contributed by atoms with Gasteiger partial charge in [-0.1, -0.05) is 0 Å². The van der Waals surface area contributed by atoms with Gasteiger partial charge in [-0.3, -0.25) is 0 Å². The second-order valence-corrected chi connectivity index (χ2v) is 5.21. The molecule has 2 bridgehead atoms. The minimum Gasteiger partial charge on any atom is -0.472 e. The van der Waals surface area contributed by atoms with Gasteiger partial charge in [-0.05, 0) is 43.9 Å². The molecule has 0 radical (unpaired) electrons. The van der Waals surface area contributed by atoms with Crippen molar-refractivity contribution in [2.75, 3.05) is 13.7 Å². The van der Waals surface area contributed by atoms with E-state index in [4.69, 9.17) is 4.42 Å². The quantitative estimate of drug-likeness (QED) is 0.828. The standard InChI is InChI=1S/C13H19NO2/c1-14-10-2-3-13(14)12(7-15)11(6-10)9-4-5-16-8-9/h4-5,8,10-13,15H,2-3,6-7H2,1H3/t10?,11-,12-,13?/m0/s1. The molecule has 0 aromatic carbocycles. The van der Waals surface area contributed by atoms with Gasteiger partial charge in [0.05, 0.1) is 12.5 Å². The molecule has 2 unspecified atom stereocenters. The Kier molecular flexibility index (Phi) is 2.52. The highest BCUT2D eigenvalue weighted by atomic mass is 16.3. The summed E-state index contributed by atoms with van der Waals surface area (Å²) in [5, 5.41) is 9.64. The fourth-order valence-electron chi connectivity index (χ4n) is 3.70. The van der Waals surface area contributed by atoms with Crippen LogP contribution in [-0.4, -0.2) is 35.7 Å². The fraction of sp³-hybridized carbons (Fsp3) is 0.692. The van der Waals surface area contributed by atoms with Crippen LogP contribution >= 0.6 is 0 Å². The molecule has 0 saturated carbocycles. The van der Waals surface area contributed by atoms with Crippen LogP contribution in [0.1, 0.15) is 30.7 Å². The van der Waals surface area contributed by atoms with Crippen LogP contribution in [0.25, 0.3) is 0 Å². The minimum atomic E-state index is 0.289. The summed E-state index contributed by atoms with van der Waals surface area (Å²) >= 11 is 0. The molecule has 2 fully saturated rings. The Morgan fingerprint density at radius 3 is 3.06 bits per heavy atom.